The Hall–Kier alpha value is -0.900. The number of nitrogens with one attached hydrogen (secondary N) is 1. The van der Waals surface area contributed by atoms with Crippen LogP contribution in [-0.2, 0) is 4.79 Å². The Morgan fingerprint density at radius 1 is 1.53 bits per heavy atom. The zero-order valence-corrected chi connectivity index (χ0v) is 9.62. The average Bonchev–Trinajstić information content (AvgIpc) is 2.98. The van der Waals surface area contributed by atoms with Gasteiger partial charge in [-0.25, -0.2) is 0 Å². The molecule has 0 radical (unpaired) electrons. The molecule has 1 saturated carbocycles. The van der Waals surface area contributed by atoms with Gasteiger partial charge in [-0.05, 0) is 26.2 Å². The highest BCUT2D eigenvalue weighted by Gasteiger charge is 2.27. The van der Waals surface area contributed by atoms with Crippen LogP contribution < -0.4 is 11.1 Å². The first kappa shape index (κ1) is 12.2. The molecule has 0 aliphatic heterocycles. The summed E-state index contributed by atoms with van der Waals surface area (Å²) < 4.78 is 0. The van der Waals surface area contributed by atoms with Gasteiger partial charge in [-0.2, -0.15) is 0 Å². The molecule has 1 fully saturated rings. The first-order valence-electron chi connectivity index (χ1n) is 5.79. The van der Waals surface area contributed by atoms with E-state index in [1.165, 1.54) is 0 Å². The standard InChI is InChI=1S/C11H21N3O/c1-3-5-9(12)10(13-4-2)11(15)14-8-6-7-8/h8-9H,3-7,12H2,1-2H3,(H,14,15). The molecule has 4 nitrogen and oxygen atoms in total. The van der Waals surface area contributed by atoms with E-state index < -0.39 is 0 Å². The van der Waals surface area contributed by atoms with E-state index in [9.17, 15) is 4.79 Å². The smallest absolute Gasteiger partial charge is 0.267 e. The van der Waals surface area contributed by atoms with Crippen molar-refractivity contribution in [3.8, 4) is 0 Å². The van der Waals surface area contributed by atoms with E-state index in [1.807, 2.05) is 6.92 Å². The molecule has 0 aromatic heterocycles. The predicted molar refractivity (Wildman–Crippen MR) is 62.0 cm³/mol. The summed E-state index contributed by atoms with van der Waals surface area (Å²) in [5.74, 6) is -0.0692. The van der Waals surface area contributed by atoms with E-state index in [4.69, 9.17) is 5.73 Å². The maximum atomic E-state index is 11.8. The minimum absolute atomic E-state index is 0.0692. The zero-order chi connectivity index (χ0) is 11.3. The Balaban J connectivity index is 2.54. The number of carbonyl (C=O) groups excluding carboxylic acids is 1. The molecule has 1 aliphatic rings. The molecule has 0 aromatic rings. The third-order valence-corrected chi connectivity index (χ3v) is 2.42. The van der Waals surface area contributed by atoms with E-state index in [0.29, 0.717) is 18.3 Å². The van der Waals surface area contributed by atoms with Gasteiger partial charge < -0.3 is 11.1 Å². The van der Waals surface area contributed by atoms with Crippen molar-refractivity contribution in [2.45, 2.75) is 51.6 Å². The van der Waals surface area contributed by atoms with Crippen molar-refractivity contribution in [2.75, 3.05) is 6.54 Å². The van der Waals surface area contributed by atoms with Gasteiger partial charge in [0, 0.05) is 12.6 Å². The van der Waals surface area contributed by atoms with E-state index in [2.05, 4.69) is 17.2 Å². The molecular formula is C11H21N3O. The summed E-state index contributed by atoms with van der Waals surface area (Å²) >= 11 is 0. The number of hydrogen-bond acceptors (Lipinski definition) is 3. The Morgan fingerprint density at radius 3 is 2.67 bits per heavy atom. The van der Waals surface area contributed by atoms with Gasteiger partial charge in [0.1, 0.15) is 5.71 Å². The second kappa shape index (κ2) is 5.85. The lowest BCUT2D eigenvalue weighted by Gasteiger charge is -2.13. The molecule has 1 aliphatic carbocycles. The molecule has 0 bridgehead atoms. The molecule has 1 unspecified atom stereocenters. The minimum Gasteiger partial charge on any atom is -0.348 e. The van der Waals surface area contributed by atoms with Gasteiger partial charge in [0.15, 0.2) is 0 Å². The number of hydrogen-bond donors (Lipinski definition) is 2. The summed E-state index contributed by atoms with van der Waals surface area (Å²) in [6, 6.07) is 0.155. The molecule has 3 N–H and O–H groups in total. The Bertz CT molecular complexity index is 246. The van der Waals surface area contributed by atoms with E-state index in [-0.39, 0.29) is 11.9 Å². The average molecular weight is 211 g/mol. The van der Waals surface area contributed by atoms with Crippen LogP contribution in [0.25, 0.3) is 0 Å². The summed E-state index contributed by atoms with van der Waals surface area (Å²) in [6.07, 6.45) is 3.97. The summed E-state index contributed by atoms with van der Waals surface area (Å²) in [7, 11) is 0. The maximum Gasteiger partial charge on any atom is 0.267 e. The normalized spacial score (nSPS) is 18.7. The van der Waals surface area contributed by atoms with Crippen LogP contribution in [0.4, 0.5) is 0 Å². The molecule has 0 spiro atoms. The van der Waals surface area contributed by atoms with Crippen molar-refractivity contribution in [1.82, 2.24) is 5.32 Å². The zero-order valence-electron chi connectivity index (χ0n) is 9.62. The van der Waals surface area contributed by atoms with Gasteiger partial charge in [0.25, 0.3) is 5.91 Å². The Morgan fingerprint density at radius 2 is 2.20 bits per heavy atom. The number of aliphatic imine (C=N–C) groups is 1. The van der Waals surface area contributed by atoms with Crippen molar-refractivity contribution in [3.63, 3.8) is 0 Å². The van der Waals surface area contributed by atoms with Crippen molar-refractivity contribution >= 4 is 11.6 Å². The van der Waals surface area contributed by atoms with Crippen molar-refractivity contribution in [3.05, 3.63) is 0 Å². The maximum absolute atomic E-state index is 11.8. The molecule has 15 heavy (non-hydrogen) atoms. The molecule has 1 amide bonds. The van der Waals surface area contributed by atoms with Crippen LogP contribution in [0.15, 0.2) is 4.99 Å². The highest BCUT2D eigenvalue weighted by molar-refractivity contribution is 6.40. The lowest BCUT2D eigenvalue weighted by molar-refractivity contribution is -0.115. The highest BCUT2D eigenvalue weighted by atomic mass is 16.2. The first-order valence-corrected chi connectivity index (χ1v) is 5.79. The van der Waals surface area contributed by atoms with Gasteiger partial charge in [-0.15, -0.1) is 0 Å². The van der Waals surface area contributed by atoms with Gasteiger partial charge in [-0.3, -0.25) is 9.79 Å². The summed E-state index contributed by atoms with van der Waals surface area (Å²) in [4.78, 5) is 16.0. The fraction of sp³-hybridized carbons (Fsp3) is 0.818. The predicted octanol–water partition coefficient (Wildman–Crippen LogP) is 0.853. The van der Waals surface area contributed by atoms with Gasteiger partial charge >= 0.3 is 0 Å². The van der Waals surface area contributed by atoms with E-state index >= 15 is 0 Å². The van der Waals surface area contributed by atoms with Crippen molar-refractivity contribution in [2.24, 2.45) is 10.7 Å². The monoisotopic (exact) mass is 211 g/mol. The third kappa shape index (κ3) is 4.00. The topological polar surface area (TPSA) is 67.5 Å². The minimum atomic E-state index is -0.214. The number of rotatable bonds is 6. The van der Waals surface area contributed by atoms with E-state index in [0.717, 1.165) is 25.7 Å². The Kier molecular flexibility index (Phi) is 4.75. The molecular weight excluding hydrogens is 190 g/mol. The second-order valence-corrected chi connectivity index (χ2v) is 4.00. The van der Waals surface area contributed by atoms with Crippen LogP contribution in [-0.4, -0.2) is 30.2 Å². The van der Waals surface area contributed by atoms with Crippen LogP contribution in [0.2, 0.25) is 0 Å². The quantitative estimate of drug-likeness (QED) is 0.640. The van der Waals surface area contributed by atoms with Gasteiger partial charge in [0.05, 0.1) is 6.04 Å². The van der Waals surface area contributed by atoms with Crippen LogP contribution in [0.5, 0.6) is 0 Å². The summed E-state index contributed by atoms with van der Waals surface area (Å²) in [5, 5.41) is 2.93. The molecule has 0 aromatic carbocycles. The molecule has 0 saturated heterocycles. The van der Waals surface area contributed by atoms with Gasteiger partial charge in [-0.1, -0.05) is 13.3 Å². The fourth-order valence-electron chi connectivity index (χ4n) is 1.46. The summed E-state index contributed by atoms with van der Waals surface area (Å²) in [5.41, 5.74) is 6.44. The third-order valence-electron chi connectivity index (χ3n) is 2.42. The molecule has 4 heteroatoms. The molecule has 0 heterocycles. The number of carbonyl (C=O) groups is 1. The molecule has 86 valence electrons. The van der Waals surface area contributed by atoms with Crippen LogP contribution >= 0.6 is 0 Å². The number of nitrogens with zero attached hydrogens (tertiary/aromatic N) is 1. The Labute approximate surface area is 91.3 Å². The molecule has 1 atom stereocenters. The van der Waals surface area contributed by atoms with Crippen LogP contribution in [0, 0.1) is 0 Å². The van der Waals surface area contributed by atoms with Crippen molar-refractivity contribution in [1.29, 1.82) is 0 Å². The van der Waals surface area contributed by atoms with E-state index in [1.54, 1.807) is 0 Å². The molecule has 1 rings (SSSR count). The number of nitrogens with two attached hydrogens (primary N) is 1. The lowest BCUT2D eigenvalue weighted by atomic mass is 10.1. The van der Waals surface area contributed by atoms with Crippen molar-refractivity contribution < 1.29 is 4.79 Å². The lowest BCUT2D eigenvalue weighted by Crippen LogP contribution is -2.43. The number of amides is 1. The summed E-state index contributed by atoms with van der Waals surface area (Å²) in [6.45, 7) is 4.59. The highest BCUT2D eigenvalue weighted by Crippen LogP contribution is 2.18. The fourth-order valence-corrected chi connectivity index (χ4v) is 1.46. The SMILES string of the molecule is CCCC(N)C(=NCC)C(=O)NC1CC1. The first-order chi connectivity index (χ1) is 7.19. The van der Waals surface area contributed by atoms with Crippen LogP contribution in [0.3, 0.4) is 0 Å². The largest absolute Gasteiger partial charge is 0.348 e. The van der Waals surface area contributed by atoms with Gasteiger partial charge in [0.2, 0.25) is 0 Å². The second-order valence-electron chi connectivity index (χ2n) is 4.00. The van der Waals surface area contributed by atoms with Crippen LogP contribution in [0.1, 0.15) is 39.5 Å².